The Morgan fingerprint density at radius 2 is 2.00 bits per heavy atom. The van der Waals surface area contributed by atoms with Crippen LogP contribution in [0.25, 0.3) is 11.3 Å². The maximum atomic E-state index is 12.0. The number of hydrogen-bond donors (Lipinski definition) is 1. The summed E-state index contributed by atoms with van der Waals surface area (Å²) in [6.07, 6.45) is 0.257. The van der Waals surface area contributed by atoms with Gasteiger partial charge < -0.3 is 5.32 Å². The first-order valence-corrected chi connectivity index (χ1v) is 9.27. The van der Waals surface area contributed by atoms with Gasteiger partial charge >= 0.3 is 0 Å². The summed E-state index contributed by atoms with van der Waals surface area (Å²) in [6, 6.07) is 11.6. The molecule has 0 radical (unpaired) electrons. The van der Waals surface area contributed by atoms with Crippen LogP contribution in [0.1, 0.15) is 10.6 Å². The molecule has 0 aliphatic heterocycles. The third kappa shape index (κ3) is 4.32. The van der Waals surface area contributed by atoms with Crippen molar-refractivity contribution in [1.29, 1.82) is 0 Å². The van der Waals surface area contributed by atoms with Crippen LogP contribution in [0.5, 0.6) is 0 Å². The van der Waals surface area contributed by atoms with Crippen LogP contribution in [0, 0.1) is 0 Å². The standard InChI is InChI=1S/C16H12Cl2N2OS2/c17-13-6-11(16(18)23-13)12-9-22-15(20-12)7-14(21)19-8-10-4-2-1-3-5-10/h1-6,9H,7-8H2,(H,19,21). The second kappa shape index (κ2) is 7.45. The lowest BCUT2D eigenvalue weighted by Crippen LogP contribution is -2.24. The molecule has 3 nitrogen and oxygen atoms in total. The molecule has 0 fully saturated rings. The fourth-order valence-corrected chi connectivity index (χ4v) is 4.30. The molecule has 23 heavy (non-hydrogen) atoms. The first-order valence-electron chi connectivity index (χ1n) is 6.82. The van der Waals surface area contributed by atoms with E-state index in [1.165, 1.54) is 22.7 Å². The molecule has 0 aliphatic rings. The summed E-state index contributed by atoms with van der Waals surface area (Å²) < 4.78 is 1.24. The topological polar surface area (TPSA) is 42.0 Å². The van der Waals surface area contributed by atoms with Gasteiger partial charge in [0.15, 0.2) is 0 Å². The highest BCUT2D eigenvalue weighted by Crippen LogP contribution is 2.38. The Labute approximate surface area is 151 Å². The largest absolute Gasteiger partial charge is 0.352 e. The lowest BCUT2D eigenvalue weighted by Gasteiger charge is -2.03. The normalized spacial score (nSPS) is 10.7. The minimum absolute atomic E-state index is 0.0517. The van der Waals surface area contributed by atoms with Crippen molar-refractivity contribution >= 4 is 51.8 Å². The van der Waals surface area contributed by atoms with Gasteiger partial charge in [0.2, 0.25) is 5.91 Å². The predicted octanol–water partition coefficient (Wildman–Crippen LogP) is 5.04. The van der Waals surface area contributed by atoms with Gasteiger partial charge in [0.25, 0.3) is 0 Å². The number of carbonyl (C=O) groups is 1. The Morgan fingerprint density at radius 1 is 1.22 bits per heavy atom. The van der Waals surface area contributed by atoms with Crippen LogP contribution < -0.4 is 5.32 Å². The quantitative estimate of drug-likeness (QED) is 0.671. The highest BCUT2D eigenvalue weighted by atomic mass is 35.5. The molecule has 1 aromatic carbocycles. The maximum absolute atomic E-state index is 12.0. The van der Waals surface area contributed by atoms with Crippen LogP contribution in [-0.4, -0.2) is 10.9 Å². The van der Waals surface area contributed by atoms with Crippen LogP contribution in [0.3, 0.4) is 0 Å². The summed E-state index contributed by atoms with van der Waals surface area (Å²) >= 11 is 14.8. The number of halogens is 2. The Hall–Kier alpha value is -1.40. The fourth-order valence-electron chi connectivity index (χ4n) is 2.03. The molecular weight excluding hydrogens is 371 g/mol. The molecule has 1 amide bonds. The summed E-state index contributed by atoms with van der Waals surface area (Å²) in [5, 5.41) is 5.54. The number of carbonyl (C=O) groups excluding carboxylic acids is 1. The summed E-state index contributed by atoms with van der Waals surface area (Å²) in [5.41, 5.74) is 2.64. The monoisotopic (exact) mass is 382 g/mol. The maximum Gasteiger partial charge on any atom is 0.227 e. The van der Waals surface area contributed by atoms with Crippen LogP contribution in [0.2, 0.25) is 8.67 Å². The number of rotatable bonds is 5. The molecule has 0 saturated carbocycles. The van der Waals surface area contributed by atoms with Crippen LogP contribution >= 0.6 is 45.9 Å². The molecule has 3 aromatic rings. The molecule has 2 aromatic heterocycles. The van der Waals surface area contributed by atoms with E-state index in [-0.39, 0.29) is 12.3 Å². The highest BCUT2D eigenvalue weighted by molar-refractivity contribution is 7.20. The number of thiophene rings is 1. The van der Waals surface area contributed by atoms with Crippen molar-refractivity contribution in [3.63, 3.8) is 0 Å². The van der Waals surface area contributed by atoms with Gasteiger partial charge in [-0.3, -0.25) is 4.79 Å². The average molecular weight is 383 g/mol. The van der Waals surface area contributed by atoms with Gasteiger partial charge in [0.1, 0.15) is 9.34 Å². The molecule has 0 aliphatic carbocycles. The van der Waals surface area contributed by atoms with E-state index < -0.39 is 0 Å². The Kier molecular flexibility index (Phi) is 5.33. The van der Waals surface area contributed by atoms with Gasteiger partial charge in [-0.2, -0.15) is 0 Å². The zero-order valence-electron chi connectivity index (χ0n) is 11.9. The van der Waals surface area contributed by atoms with Gasteiger partial charge in [-0.25, -0.2) is 4.98 Å². The molecule has 1 N–H and O–H groups in total. The minimum atomic E-state index is -0.0517. The number of aromatic nitrogens is 1. The van der Waals surface area contributed by atoms with E-state index in [0.717, 1.165) is 21.8 Å². The summed E-state index contributed by atoms with van der Waals surface area (Å²) in [7, 11) is 0. The molecule has 7 heteroatoms. The van der Waals surface area contributed by atoms with Gasteiger partial charge in [-0.15, -0.1) is 22.7 Å². The molecule has 0 atom stereocenters. The Bertz CT molecular complexity index is 815. The van der Waals surface area contributed by atoms with E-state index in [2.05, 4.69) is 10.3 Å². The average Bonchev–Trinajstić information content (AvgIpc) is 3.12. The summed E-state index contributed by atoms with van der Waals surface area (Å²) in [4.78, 5) is 16.5. The van der Waals surface area contributed by atoms with E-state index in [1.54, 1.807) is 6.07 Å². The zero-order chi connectivity index (χ0) is 16.2. The third-order valence-corrected chi connectivity index (χ3v) is 5.47. The van der Waals surface area contributed by atoms with E-state index >= 15 is 0 Å². The van der Waals surface area contributed by atoms with Crippen LogP contribution in [0.15, 0.2) is 41.8 Å². The van der Waals surface area contributed by atoms with Gasteiger partial charge in [-0.1, -0.05) is 53.5 Å². The van der Waals surface area contributed by atoms with Gasteiger partial charge in [0, 0.05) is 17.5 Å². The van der Waals surface area contributed by atoms with Crippen LogP contribution in [0.4, 0.5) is 0 Å². The number of thiazole rings is 1. The second-order valence-corrected chi connectivity index (χ2v) is 8.03. The predicted molar refractivity (Wildman–Crippen MR) is 97.4 cm³/mol. The smallest absolute Gasteiger partial charge is 0.227 e. The molecule has 2 heterocycles. The molecule has 0 spiro atoms. The van der Waals surface area contributed by atoms with Crippen molar-refractivity contribution in [3.05, 3.63) is 61.0 Å². The van der Waals surface area contributed by atoms with E-state index in [4.69, 9.17) is 23.2 Å². The van der Waals surface area contributed by atoms with E-state index in [0.29, 0.717) is 15.2 Å². The SMILES string of the molecule is O=C(Cc1nc(-c2cc(Cl)sc2Cl)cs1)NCc1ccccc1. The summed E-state index contributed by atoms with van der Waals surface area (Å²) in [5.74, 6) is -0.0517. The molecule has 0 bridgehead atoms. The Morgan fingerprint density at radius 3 is 2.70 bits per heavy atom. The number of nitrogens with zero attached hydrogens (tertiary/aromatic N) is 1. The van der Waals surface area contributed by atoms with Crippen molar-refractivity contribution in [2.45, 2.75) is 13.0 Å². The van der Waals surface area contributed by atoms with Gasteiger partial charge in [0.05, 0.1) is 16.5 Å². The first kappa shape index (κ1) is 16.5. The van der Waals surface area contributed by atoms with Gasteiger partial charge in [-0.05, 0) is 11.6 Å². The molecule has 3 rings (SSSR count). The first-order chi connectivity index (χ1) is 11.1. The van der Waals surface area contributed by atoms with Crippen molar-refractivity contribution in [2.24, 2.45) is 0 Å². The van der Waals surface area contributed by atoms with E-state index in [9.17, 15) is 4.79 Å². The highest BCUT2D eigenvalue weighted by Gasteiger charge is 2.13. The minimum Gasteiger partial charge on any atom is -0.352 e. The molecule has 118 valence electrons. The van der Waals surface area contributed by atoms with Crippen molar-refractivity contribution in [3.8, 4) is 11.3 Å². The van der Waals surface area contributed by atoms with Crippen molar-refractivity contribution in [2.75, 3.05) is 0 Å². The van der Waals surface area contributed by atoms with Crippen LogP contribution in [-0.2, 0) is 17.8 Å². The van der Waals surface area contributed by atoms with Crippen molar-refractivity contribution in [1.82, 2.24) is 10.3 Å². The lowest BCUT2D eigenvalue weighted by molar-refractivity contribution is -0.120. The Balaban J connectivity index is 1.60. The number of benzene rings is 1. The molecule has 0 unspecified atom stereocenters. The van der Waals surface area contributed by atoms with Crippen molar-refractivity contribution < 1.29 is 4.79 Å². The number of hydrogen-bond acceptors (Lipinski definition) is 4. The fraction of sp³-hybridized carbons (Fsp3) is 0.125. The second-order valence-electron chi connectivity index (χ2n) is 4.80. The number of nitrogens with one attached hydrogen (secondary N) is 1. The summed E-state index contributed by atoms with van der Waals surface area (Å²) in [6.45, 7) is 0.518. The molecular formula is C16H12Cl2N2OS2. The molecule has 0 saturated heterocycles. The zero-order valence-corrected chi connectivity index (χ0v) is 15.0. The third-order valence-electron chi connectivity index (χ3n) is 3.13. The van der Waals surface area contributed by atoms with E-state index in [1.807, 2.05) is 35.7 Å². The number of amides is 1. The lowest BCUT2D eigenvalue weighted by atomic mass is 10.2.